The van der Waals surface area contributed by atoms with Crippen LogP contribution >= 0.6 is 0 Å². The van der Waals surface area contributed by atoms with Gasteiger partial charge in [0, 0.05) is 43.7 Å². The highest BCUT2D eigenvalue weighted by molar-refractivity contribution is 6.77. The first-order valence-electron chi connectivity index (χ1n) is 12.6. The number of H-pyrrole nitrogens is 1. The van der Waals surface area contributed by atoms with E-state index in [1.165, 1.54) is 25.3 Å². The lowest BCUT2D eigenvalue weighted by Gasteiger charge is -2.39. The van der Waals surface area contributed by atoms with Gasteiger partial charge in [-0.1, -0.05) is 25.2 Å². The quantitative estimate of drug-likeness (QED) is 0.606. The Morgan fingerprint density at radius 3 is 2.49 bits per heavy atom. The van der Waals surface area contributed by atoms with Crippen LogP contribution in [0.25, 0.3) is 11.3 Å². The first kappa shape index (κ1) is 24.0. The Hall–Kier alpha value is -2.75. The van der Waals surface area contributed by atoms with Crippen LogP contribution in [0.5, 0.6) is 5.88 Å². The Balaban J connectivity index is 1.24. The Bertz CT molecular complexity index is 1100. The van der Waals surface area contributed by atoms with E-state index in [9.17, 15) is 14.0 Å². The van der Waals surface area contributed by atoms with Gasteiger partial charge in [0.2, 0.25) is 11.8 Å². The molecular weight excluding hydrogens is 465 g/mol. The number of methoxy groups -OCH3 is 1. The maximum Gasteiger partial charge on any atom is 0.272 e. The molecule has 0 aromatic carbocycles. The van der Waals surface area contributed by atoms with E-state index in [4.69, 9.17) is 4.74 Å². The minimum Gasteiger partial charge on any atom is -0.481 e. The fourth-order valence-electron chi connectivity index (χ4n) is 6.02. The van der Waals surface area contributed by atoms with Gasteiger partial charge in [-0.3, -0.25) is 14.7 Å². The third-order valence-corrected chi connectivity index (χ3v) is 11.4. The SMILES string of the molecule is COc1cc(-c2cc(C(=O)N3[C@@H]4CC[C@H]3CC(C(=O)NC3CC[Si](C)(C)CC3)C4)[nH]n2)c(F)cn1. The van der Waals surface area contributed by atoms with Gasteiger partial charge in [-0.2, -0.15) is 5.10 Å². The zero-order valence-corrected chi connectivity index (χ0v) is 21.6. The van der Waals surface area contributed by atoms with E-state index >= 15 is 0 Å². The van der Waals surface area contributed by atoms with Crippen LogP contribution in [0.4, 0.5) is 4.39 Å². The lowest BCUT2D eigenvalue weighted by atomic mass is 9.89. The average Bonchev–Trinajstić information content (AvgIpc) is 3.43. The molecule has 188 valence electrons. The van der Waals surface area contributed by atoms with Crippen LogP contribution in [0.1, 0.15) is 49.0 Å². The molecule has 0 spiro atoms. The molecule has 2 N–H and O–H groups in total. The van der Waals surface area contributed by atoms with E-state index in [0.29, 0.717) is 30.3 Å². The minimum atomic E-state index is -1.05. The first-order chi connectivity index (χ1) is 16.7. The normalized spacial score (nSPS) is 25.9. The van der Waals surface area contributed by atoms with Crippen LogP contribution in [0.2, 0.25) is 25.2 Å². The van der Waals surface area contributed by atoms with Crippen molar-refractivity contribution in [2.45, 2.75) is 81.8 Å². The Kier molecular flexibility index (Phi) is 6.41. The second-order valence-electron chi connectivity index (χ2n) is 11.1. The maximum atomic E-state index is 14.3. The van der Waals surface area contributed by atoms with Crippen LogP contribution in [0, 0.1) is 11.7 Å². The summed E-state index contributed by atoms with van der Waals surface area (Å²) in [7, 11) is 0.408. The van der Waals surface area contributed by atoms with E-state index in [-0.39, 0.29) is 41.3 Å². The molecule has 0 saturated carbocycles. The number of piperidine rings is 1. The van der Waals surface area contributed by atoms with Crippen molar-refractivity contribution in [3.8, 4) is 17.1 Å². The number of aromatic nitrogens is 3. The monoisotopic (exact) mass is 499 g/mol. The summed E-state index contributed by atoms with van der Waals surface area (Å²) in [5.41, 5.74) is 0.870. The fourth-order valence-corrected chi connectivity index (χ4v) is 8.53. The number of hydrogen-bond acceptors (Lipinski definition) is 5. The average molecular weight is 500 g/mol. The Morgan fingerprint density at radius 1 is 1.14 bits per heavy atom. The molecule has 2 bridgehead atoms. The molecule has 0 aliphatic carbocycles. The highest BCUT2D eigenvalue weighted by Gasteiger charge is 2.46. The number of amides is 2. The number of halogens is 1. The zero-order chi connectivity index (χ0) is 24.7. The zero-order valence-electron chi connectivity index (χ0n) is 20.6. The molecule has 2 aromatic heterocycles. The molecule has 5 heterocycles. The van der Waals surface area contributed by atoms with Crippen LogP contribution in [-0.4, -0.2) is 65.2 Å². The van der Waals surface area contributed by atoms with Crippen LogP contribution < -0.4 is 10.1 Å². The molecule has 2 aromatic rings. The topological polar surface area (TPSA) is 100 Å². The van der Waals surface area contributed by atoms with Gasteiger partial charge >= 0.3 is 0 Å². The summed E-state index contributed by atoms with van der Waals surface area (Å²) in [5, 5.41) is 10.3. The number of aromatic amines is 1. The summed E-state index contributed by atoms with van der Waals surface area (Å²) in [4.78, 5) is 32.2. The summed E-state index contributed by atoms with van der Waals surface area (Å²) < 4.78 is 19.4. The second-order valence-corrected chi connectivity index (χ2v) is 16.4. The van der Waals surface area contributed by atoms with Gasteiger partial charge < -0.3 is 15.0 Å². The van der Waals surface area contributed by atoms with Crippen LogP contribution in [-0.2, 0) is 4.79 Å². The molecule has 3 saturated heterocycles. The largest absolute Gasteiger partial charge is 0.481 e. The molecule has 3 aliphatic heterocycles. The van der Waals surface area contributed by atoms with E-state index in [0.717, 1.165) is 31.9 Å². The standard InChI is InChI=1S/C25H34FN5O3Si/c1-34-23-12-19(20(26)14-27-23)21-13-22(30-29-21)25(33)31-17-4-5-18(31)11-15(10-17)24(32)28-16-6-8-35(2,3)9-7-16/h12-18H,4-11H2,1-3H3,(H,28,32)(H,29,30)/t15?,17-,18+. The van der Waals surface area contributed by atoms with Gasteiger partial charge in [0.25, 0.3) is 5.91 Å². The number of nitrogens with zero attached hydrogens (tertiary/aromatic N) is 3. The molecule has 10 heteroatoms. The second kappa shape index (κ2) is 9.37. The highest BCUT2D eigenvalue weighted by Crippen LogP contribution is 2.40. The fraction of sp³-hybridized carbons (Fsp3) is 0.600. The van der Waals surface area contributed by atoms with Crippen molar-refractivity contribution in [2.75, 3.05) is 7.11 Å². The van der Waals surface area contributed by atoms with Gasteiger partial charge in [0.05, 0.1) is 19.0 Å². The number of nitrogens with one attached hydrogen (secondary N) is 2. The maximum absolute atomic E-state index is 14.3. The van der Waals surface area contributed by atoms with Crippen molar-refractivity contribution in [2.24, 2.45) is 5.92 Å². The van der Waals surface area contributed by atoms with Crippen molar-refractivity contribution >= 4 is 19.9 Å². The van der Waals surface area contributed by atoms with Gasteiger partial charge in [0.15, 0.2) is 5.82 Å². The number of carbonyl (C=O) groups is 2. The van der Waals surface area contributed by atoms with E-state index in [1.54, 1.807) is 6.07 Å². The molecular formula is C25H34FN5O3Si. The molecule has 3 fully saturated rings. The summed E-state index contributed by atoms with van der Waals surface area (Å²) in [5.74, 6) is -0.288. The smallest absolute Gasteiger partial charge is 0.272 e. The molecule has 2 amide bonds. The Labute approximate surface area is 206 Å². The summed E-state index contributed by atoms with van der Waals surface area (Å²) >= 11 is 0. The highest BCUT2D eigenvalue weighted by atomic mass is 28.3. The predicted octanol–water partition coefficient (Wildman–Crippen LogP) is 3.99. The lowest BCUT2D eigenvalue weighted by molar-refractivity contribution is -0.128. The van der Waals surface area contributed by atoms with E-state index in [2.05, 4.69) is 33.6 Å². The van der Waals surface area contributed by atoms with E-state index in [1.807, 2.05) is 4.90 Å². The number of pyridine rings is 1. The van der Waals surface area contributed by atoms with Gasteiger partial charge in [0.1, 0.15) is 5.69 Å². The Morgan fingerprint density at radius 2 is 1.83 bits per heavy atom. The molecule has 35 heavy (non-hydrogen) atoms. The van der Waals surface area contributed by atoms with Gasteiger partial charge in [-0.25, -0.2) is 9.37 Å². The molecule has 1 unspecified atom stereocenters. The van der Waals surface area contributed by atoms with Crippen molar-refractivity contribution < 1.29 is 18.7 Å². The summed E-state index contributed by atoms with van der Waals surface area (Å²) in [6.07, 6.45) is 6.47. The van der Waals surface area contributed by atoms with Crippen molar-refractivity contribution in [3.63, 3.8) is 0 Å². The molecule has 3 atom stereocenters. The van der Waals surface area contributed by atoms with Crippen molar-refractivity contribution in [1.82, 2.24) is 25.4 Å². The molecule has 8 nitrogen and oxygen atoms in total. The first-order valence-corrected chi connectivity index (χ1v) is 16.0. The lowest BCUT2D eigenvalue weighted by Crippen LogP contribution is -2.51. The number of hydrogen-bond donors (Lipinski definition) is 2. The van der Waals surface area contributed by atoms with Crippen molar-refractivity contribution in [3.05, 3.63) is 29.8 Å². The molecule has 5 rings (SSSR count). The number of rotatable bonds is 5. The third kappa shape index (κ3) is 4.85. The van der Waals surface area contributed by atoms with Gasteiger partial charge in [-0.15, -0.1) is 0 Å². The molecule has 0 radical (unpaired) electrons. The minimum absolute atomic E-state index is 0.0409. The molecule has 3 aliphatic rings. The predicted molar refractivity (Wildman–Crippen MR) is 132 cm³/mol. The van der Waals surface area contributed by atoms with Gasteiger partial charge in [-0.05, 0) is 44.6 Å². The van der Waals surface area contributed by atoms with Crippen molar-refractivity contribution in [1.29, 1.82) is 0 Å². The van der Waals surface area contributed by atoms with Crippen LogP contribution in [0.3, 0.4) is 0 Å². The number of fused-ring (bicyclic) bond motifs is 2. The van der Waals surface area contributed by atoms with Crippen LogP contribution in [0.15, 0.2) is 18.3 Å². The summed E-state index contributed by atoms with van der Waals surface area (Å²) in [6, 6.07) is 5.97. The number of carbonyl (C=O) groups excluding carboxylic acids is 2. The summed E-state index contributed by atoms with van der Waals surface area (Å²) in [6.45, 7) is 4.87. The number of ether oxygens (including phenoxy) is 1. The van der Waals surface area contributed by atoms with E-state index < -0.39 is 13.9 Å². The third-order valence-electron chi connectivity index (χ3n) is 8.15.